The zero-order valence-corrected chi connectivity index (χ0v) is 10.5. The Kier molecular flexibility index (Phi) is 3.30. The number of carboxylic acid groups (broad SMARTS) is 1. The third-order valence-electron chi connectivity index (χ3n) is 2.33. The van der Waals surface area contributed by atoms with E-state index >= 15 is 0 Å². The van der Waals surface area contributed by atoms with Crippen LogP contribution in [0.5, 0.6) is 5.75 Å². The first-order valence-corrected chi connectivity index (χ1v) is 5.95. The van der Waals surface area contributed by atoms with E-state index in [0.29, 0.717) is 0 Å². The summed E-state index contributed by atoms with van der Waals surface area (Å²) in [7, 11) is 0. The van der Waals surface area contributed by atoms with Crippen LogP contribution < -0.4 is 0 Å². The van der Waals surface area contributed by atoms with Gasteiger partial charge in [-0.3, -0.25) is 4.79 Å². The van der Waals surface area contributed by atoms with Crippen LogP contribution in [0.4, 0.5) is 4.39 Å². The molecule has 0 atom stereocenters. The van der Waals surface area contributed by atoms with Crippen molar-refractivity contribution < 1.29 is 24.2 Å². The Morgan fingerprint density at radius 3 is 2.53 bits per heavy atom. The standard InChI is InChI=1S/C12H8FNO4S/c1-5(15)10-9(12(17)18)14-11(19-10)7-3-2-6(16)4-8(7)13/h2-4,16H,1H3,(H,17,18). The molecule has 2 rings (SSSR count). The third-order valence-corrected chi connectivity index (χ3v) is 3.52. The highest BCUT2D eigenvalue weighted by atomic mass is 32.1. The molecule has 19 heavy (non-hydrogen) atoms. The molecule has 2 N–H and O–H groups in total. The number of carbonyl (C=O) groups excluding carboxylic acids is 1. The number of carboxylic acids is 1. The number of phenols is 1. The molecule has 0 bridgehead atoms. The maximum absolute atomic E-state index is 13.7. The van der Waals surface area contributed by atoms with E-state index in [0.717, 1.165) is 17.4 Å². The number of benzene rings is 1. The highest BCUT2D eigenvalue weighted by Crippen LogP contribution is 2.31. The number of carbonyl (C=O) groups is 2. The van der Waals surface area contributed by atoms with Gasteiger partial charge in [0.25, 0.3) is 0 Å². The number of nitrogens with zero attached hydrogens (tertiary/aromatic N) is 1. The molecule has 5 nitrogen and oxygen atoms in total. The number of aromatic hydroxyl groups is 1. The number of phenolic OH excluding ortho intramolecular Hbond substituents is 1. The zero-order valence-electron chi connectivity index (χ0n) is 9.68. The van der Waals surface area contributed by atoms with E-state index in [4.69, 9.17) is 10.2 Å². The normalized spacial score (nSPS) is 10.4. The Labute approximate surface area is 111 Å². The van der Waals surface area contributed by atoms with Gasteiger partial charge in [0.15, 0.2) is 11.5 Å². The molecule has 0 aliphatic carbocycles. The highest BCUT2D eigenvalue weighted by molar-refractivity contribution is 7.17. The topological polar surface area (TPSA) is 87.5 Å². The number of hydrogen-bond acceptors (Lipinski definition) is 5. The number of ketones is 1. The lowest BCUT2D eigenvalue weighted by Gasteiger charge is -1.98. The van der Waals surface area contributed by atoms with Crippen molar-refractivity contribution in [3.05, 3.63) is 34.6 Å². The molecule has 98 valence electrons. The quantitative estimate of drug-likeness (QED) is 0.844. The predicted octanol–water partition coefficient (Wildman–Crippen LogP) is 2.56. The maximum Gasteiger partial charge on any atom is 0.356 e. The summed E-state index contributed by atoms with van der Waals surface area (Å²) < 4.78 is 13.7. The summed E-state index contributed by atoms with van der Waals surface area (Å²) in [5, 5.41) is 18.1. The second-order valence-electron chi connectivity index (χ2n) is 3.72. The van der Waals surface area contributed by atoms with Crippen molar-refractivity contribution in [2.75, 3.05) is 0 Å². The number of Topliss-reactive ketones (excluding diaryl/α,β-unsaturated/α-hetero) is 1. The van der Waals surface area contributed by atoms with Crippen molar-refractivity contribution in [1.82, 2.24) is 4.98 Å². The van der Waals surface area contributed by atoms with Crippen molar-refractivity contribution >= 4 is 23.1 Å². The minimum atomic E-state index is -1.34. The number of hydrogen-bond donors (Lipinski definition) is 2. The summed E-state index contributed by atoms with van der Waals surface area (Å²) in [6.45, 7) is 1.22. The van der Waals surface area contributed by atoms with Crippen LogP contribution in [0.2, 0.25) is 0 Å². The molecule has 0 aliphatic rings. The van der Waals surface area contributed by atoms with Crippen molar-refractivity contribution in [1.29, 1.82) is 0 Å². The van der Waals surface area contributed by atoms with Crippen LogP contribution in [-0.4, -0.2) is 26.9 Å². The molecule has 0 fully saturated rings. The summed E-state index contributed by atoms with van der Waals surface area (Å²) in [6, 6.07) is 3.43. The number of aromatic carboxylic acids is 1. The van der Waals surface area contributed by atoms with E-state index in [1.807, 2.05) is 0 Å². The van der Waals surface area contributed by atoms with Crippen LogP contribution in [0.25, 0.3) is 10.6 Å². The van der Waals surface area contributed by atoms with Gasteiger partial charge < -0.3 is 10.2 Å². The summed E-state index contributed by atoms with van der Waals surface area (Å²) in [4.78, 5) is 26.0. The largest absolute Gasteiger partial charge is 0.508 e. The van der Waals surface area contributed by atoms with Gasteiger partial charge in [-0.15, -0.1) is 11.3 Å². The second kappa shape index (κ2) is 4.77. The molecular formula is C12H8FNO4S. The van der Waals surface area contributed by atoms with Gasteiger partial charge in [0.2, 0.25) is 0 Å². The highest BCUT2D eigenvalue weighted by Gasteiger charge is 2.22. The van der Waals surface area contributed by atoms with E-state index < -0.39 is 17.6 Å². The maximum atomic E-state index is 13.7. The minimum Gasteiger partial charge on any atom is -0.508 e. The fraction of sp³-hybridized carbons (Fsp3) is 0.0833. The predicted molar refractivity (Wildman–Crippen MR) is 66.1 cm³/mol. The molecule has 0 spiro atoms. The zero-order chi connectivity index (χ0) is 14.2. The summed E-state index contributed by atoms with van der Waals surface area (Å²) in [6.07, 6.45) is 0. The monoisotopic (exact) mass is 281 g/mol. The SMILES string of the molecule is CC(=O)c1sc(-c2ccc(O)cc2F)nc1C(=O)O. The first-order valence-electron chi connectivity index (χ1n) is 5.14. The first-order chi connectivity index (χ1) is 8.90. The van der Waals surface area contributed by atoms with Gasteiger partial charge in [0, 0.05) is 18.6 Å². The number of halogens is 1. The van der Waals surface area contributed by atoms with Gasteiger partial charge in [-0.2, -0.15) is 0 Å². The Hall–Kier alpha value is -2.28. The van der Waals surface area contributed by atoms with Crippen molar-refractivity contribution in [3.63, 3.8) is 0 Å². The third kappa shape index (κ3) is 2.45. The van der Waals surface area contributed by atoms with E-state index in [9.17, 15) is 14.0 Å². The van der Waals surface area contributed by atoms with Gasteiger partial charge in [-0.25, -0.2) is 14.2 Å². The van der Waals surface area contributed by atoms with Crippen LogP contribution >= 0.6 is 11.3 Å². The fourth-order valence-electron chi connectivity index (χ4n) is 1.50. The molecule has 0 aliphatic heterocycles. The van der Waals surface area contributed by atoms with E-state index in [1.165, 1.54) is 19.1 Å². The number of rotatable bonds is 3. The van der Waals surface area contributed by atoms with E-state index in [1.54, 1.807) is 0 Å². The molecule has 7 heteroatoms. The molecule has 1 aromatic heterocycles. The molecule has 0 saturated carbocycles. The molecule has 1 aromatic carbocycles. The Morgan fingerprint density at radius 1 is 1.37 bits per heavy atom. The summed E-state index contributed by atoms with van der Waals surface area (Å²) >= 11 is 0.806. The van der Waals surface area contributed by atoms with Crippen LogP contribution in [0, 0.1) is 5.82 Å². The Balaban J connectivity index is 2.60. The van der Waals surface area contributed by atoms with Gasteiger partial charge in [0.1, 0.15) is 21.5 Å². The molecular weight excluding hydrogens is 273 g/mol. The van der Waals surface area contributed by atoms with Crippen molar-refractivity contribution in [3.8, 4) is 16.3 Å². The lowest BCUT2D eigenvalue weighted by atomic mass is 10.2. The smallest absolute Gasteiger partial charge is 0.356 e. The average molecular weight is 281 g/mol. The van der Waals surface area contributed by atoms with Crippen molar-refractivity contribution in [2.24, 2.45) is 0 Å². The lowest BCUT2D eigenvalue weighted by molar-refractivity contribution is 0.0687. The summed E-state index contributed by atoms with van der Waals surface area (Å²) in [5.41, 5.74) is -0.349. The van der Waals surface area contributed by atoms with E-state index in [2.05, 4.69) is 4.98 Å². The van der Waals surface area contributed by atoms with Crippen molar-refractivity contribution in [2.45, 2.75) is 6.92 Å². The Bertz CT molecular complexity index is 649. The van der Waals surface area contributed by atoms with Gasteiger partial charge >= 0.3 is 5.97 Å². The molecule has 0 amide bonds. The molecule has 0 unspecified atom stereocenters. The van der Waals surface area contributed by atoms with Crippen LogP contribution in [-0.2, 0) is 0 Å². The van der Waals surface area contributed by atoms with Gasteiger partial charge in [0.05, 0.1) is 0 Å². The second-order valence-corrected chi connectivity index (χ2v) is 4.72. The van der Waals surface area contributed by atoms with E-state index in [-0.39, 0.29) is 26.9 Å². The molecule has 0 saturated heterocycles. The molecule has 0 radical (unpaired) electrons. The number of thiazole rings is 1. The minimum absolute atomic E-state index is 0.0324. The van der Waals surface area contributed by atoms with Crippen LogP contribution in [0.3, 0.4) is 0 Å². The molecule has 1 heterocycles. The van der Waals surface area contributed by atoms with Crippen LogP contribution in [0.15, 0.2) is 18.2 Å². The number of aromatic nitrogens is 1. The first kappa shape index (κ1) is 13.2. The fourth-order valence-corrected chi connectivity index (χ4v) is 2.48. The molecule has 2 aromatic rings. The van der Waals surface area contributed by atoms with Gasteiger partial charge in [-0.1, -0.05) is 0 Å². The Morgan fingerprint density at radius 2 is 2.05 bits per heavy atom. The van der Waals surface area contributed by atoms with Crippen LogP contribution in [0.1, 0.15) is 27.1 Å². The lowest BCUT2D eigenvalue weighted by Crippen LogP contribution is -2.03. The summed E-state index contributed by atoms with van der Waals surface area (Å²) in [5.74, 6) is -2.77. The average Bonchev–Trinajstić information content (AvgIpc) is 2.73. The van der Waals surface area contributed by atoms with Gasteiger partial charge in [-0.05, 0) is 12.1 Å².